The molecule has 1 aromatic rings. The van der Waals surface area contributed by atoms with Gasteiger partial charge < -0.3 is 10.1 Å². The Hall–Kier alpha value is -1.78. The second-order valence-corrected chi connectivity index (χ2v) is 3.38. The molecule has 0 spiro atoms. The Kier molecular flexibility index (Phi) is 4.39. The summed E-state index contributed by atoms with van der Waals surface area (Å²) in [5.41, 5.74) is 0. The van der Waals surface area contributed by atoms with Gasteiger partial charge in [0.25, 0.3) is 0 Å². The van der Waals surface area contributed by atoms with Gasteiger partial charge in [-0.25, -0.2) is 4.98 Å². The number of hydrogen-bond acceptors (Lipinski definition) is 4. The van der Waals surface area contributed by atoms with E-state index in [0.29, 0.717) is 5.82 Å². The number of nitrogens with zero attached hydrogens (tertiary/aromatic N) is 3. The molecule has 0 unspecified atom stereocenters. The van der Waals surface area contributed by atoms with Gasteiger partial charge in [-0.05, 0) is 0 Å². The van der Waals surface area contributed by atoms with Crippen LogP contribution in [0.4, 0.5) is 22.0 Å². The SMILES string of the molecule is Cn1ncnc1CNC(=O)COC(F)(F)C(F)(F)F. The number of aromatic nitrogens is 3. The normalized spacial score (nSPS) is 12.5. The van der Waals surface area contributed by atoms with Crippen molar-refractivity contribution in [2.75, 3.05) is 6.61 Å². The molecule has 0 aliphatic rings. The fourth-order valence-corrected chi connectivity index (χ4v) is 0.947. The molecule has 0 atom stereocenters. The van der Waals surface area contributed by atoms with Crippen molar-refractivity contribution in [3.05, 3.63) is 12.2 Å². The topological polar surface area (TPSA) is 69.0 Å². The summed E-state index contributed by atoms with van der Waals surface area (Å²) in [7, 11) is 1.52. The maximum Gasteiger partial charge on any atom is 0.482 e. The largest absolute Gasteiger partial charge is 0.482 e. The molecular weight excluding hydrogens is 279 g/mol. The lowest BCUT2D eigenvalue weighted by Crippen LogP contribution is -2.42. The van der Waals surface area contributed by atoms with Crippen molar-refractivity contribution in [3.63, 3.8) is 0 Å². The molecule has 1 N–H and O–H groups in total. The summed E-state index contributed by atoms with van der Waals surface area (Å²) in [5.74, 6) is -0.831. The number of alkyl halides is 5. The first kappa shape index (κ1) is 15.3. The van der Waals surface area contributed by atoms with Gasteiger partial charge >= 0.3 is 12.3 Å². The van der Waals surface area contributed by atoms with Crippen LogP contribution in [0, 0.1) is 0 Å². The zero-order valence-electron chi connectivity index (χ0n) is 9.54. The van der Waals surface area contributed by atoms with Gasteiger partial charge in [-0.2, -0.15) is 27.1 Å². The smallest absolute Gasteiger partial charge is 0.347 e. The zero-order valence-corrected chi connectivity index (χ0v) is 9.54. The monoisotopic (exact) mass is 288 g/mol. The molecule has 0 bridgehead atoms. The van der Waals surface area contributed by atoms with E-state index in [9.17, 15) is 26.7 Å². The van der Waals surface area contributed by atoms with Crippen LogP contribution in [0.15, 0.2) is 6.33 Å². The molecule has 108 valence electrons. The maximum absolute atomic E-state index is 12.3. The van der Waals surface area contributed by atoms with Gasteiger partial charge in [0.1, 0.15) is 18.8 Å². The summed E-state index contributed by atoms with van der Waals surface area (Å²) < 4.78 is 64.3. The third kappa shape index (κ3) is 4.12. The van der Waals surface area contributed by atoms with E-state index in [-0.39, 0.29) is 6.54 Å². The Morgan fingerprint density at radius 3 is 2.53 bits per heavy atom. The summed E-state index contributed by atoms with van der Waals surface area (Å²) in [6, 6.07) is 0. The second-order valence-electron chi connectivity index (χ2n) is 3.38. The van der Waals surface area contributed by atoms with E-state index >= 15 is 0 Å². The molecule has 1 heterocycles. The van der Waals surface area contributed by atoms with Gasteiger partial charge in [0.05, 0.1) is 6.54 Å². The van der Waals surface area contributed by atoms with E-state index in [1.807, 2.05) is 0 Å². The first-order valence-electron chi connectivity index (χ1n) is 4.81. The minimum absolute atomic E-state index is 0.170. The zero-order chi connectivity index (χ0) is 14.7. The van der Waals surface area contributed by atoms with E-state index in [1.54, 1.807) is 0 Å². The molecule has 0 aliphatic carbocycles. The molecule has 0 radical (unpaired) electrons. The van der Waals surface area contributed by atoms with Crippen LogP contribution in [-0.2, 0) is 23.1 Å². The van der Waals surface area contributed by atoms with Crippen molar-refractivity contribution < 1.29 is 31.5 Å². The quantitative estimate of drug-likeness (QED) is 0.806. The number of aryl methyl sites for hydroxylation is 1. The first-order chi connectivity index (χ1) is 8.63. The minimum atomic E-state index is -5.86. The molecule has 1 amide bonds. The maximum atomic E-state index is 12.3. The van der Waals surface area contributed by atoms with Crippen molar-refractivity contribution in [2.24, 2.45) is 7.05 Å². The van der Waals surface area contributed by atoms with Gasteiger partial charge in [-0.3, -0.25) is 9.48 Å². The van der Waals surface area contributed by atoms with Crippen LogP contribution in [0.3, 0.4) is 0 Å². The van der Waals surface area contributed by atoms with Crippen LogP contribution in [0.2, 0.25) is 0 Å². The van der Waals surface area contributed by atoms with Gasteiger partial charge in [-0.1, -0.05) is 0 Å². The Morgan fingerprint density at radius 1 is 1.42 bits per heavy atom. The molecule has 6 nitrogen and oxygen atoms in total. The molecule has 1 rings (SSSR count). The highest BCUT2D eigenvalue weighted by molar-refractivity contribution is 5.77. The van der Waals surface area contributed by atoms with Gasteiger partial charge in [0.15, 0.2) is 0 Å². The van der Waals surface area contributed by atoms with Crippen LogP contribution in [0.5, 0.6) is 0 Å². The lowest BCUT2D eigenvalue weighted by Gasteiger charge is -2.18. The van der Waals surface area contributed by atoms with Gasteiger partial charge in [-0.15, -0.1) is 0 Å². The van der Waals surface area contributed by atoms with Crippen LogP contribution in [0.25, 0.3) is 0 Å². The van der Waals surface area contributed by atoms with E-state index < -0.39 is 24.8 Å². The van der Waals surface area contributed by atoms with Crippen LogP contribution in [-0.4, -0.2) is 39.6 Å². The molecular formula is C8H9F5N4O2. The van der Waals surface area contributed by atoms with E-state index in [1.165, 1.54) is 18.1 Å². The number of carbonyl (C=O) groups excluding carboxylic acids is 1. The van der Waals surface area contributed by atoms with Crippen molar-refractivity contribution in [1.29, 1.82) is 0 Å². The molecule has 0 aromatic carbocycles. The van der Waals surface area contributed by atoms with E-state index in [2.05, 4.69) is 20.1 Å². The molecule has 1 aromatic heterocycles. The molecule has 11 heteroatoms. The first-order valence-corrected chi connectivity index (χ1v) is 4.81. The number of ether oxygens (including phenoxy) is 1. The fraction of sp³-hybridized carbons (Fsp3) is 0.625. The molecule has 0 saturated carbocycles. The average Bonchev–Trinajstić information content (AvgIpc) is 2.68. The van der Waals surface area contributed by atoms with E-state index in [0.717, 1.165) is 0 Å². The molecule has 0 fully saturated rings. The predicted octanol–water partition coefficient (Wildman–Crippen LogP) is 0.603. The molecule has 19 heavy (non-hydrogen) atoms. The number of nitrogens with one attached hydrogen (secondary N) is 1. The van der Waals surface area contributed by atoms with Crippen molar-refractivity contribution >= 4 is 5.91 Å². The van der Waals surface area contributed by atoms with Crippen molar-refractivity contribution in [2.45, 2.75) is 18.8 Å². The summed E-state index contributed by atoms with van der Waals surface area (Å²) in [6.45, 7) is -1.60. The molecule has 0 aliphatic heterocycles. The fourth-order valence-electron chi connectivity index (χ4n) is 0.947. The Morgan fingerprint density at radius 2 is 2.05 bits per heavy atom. The highest BCUT2D eigenvalue weighted by atomic mass is 19.4. The third-order valence-electron chi connectivity index (χ3n) is 1.96. The summed E-state index contributed by atoms with van der Waals surface area (Å²) in [4.78, 5) is 14.7. The van der Waals surface area contributed by atoms with Crippen LogP contribution < -0.4 is 5.32 Å². The highest BCUT2D eigenvalue weighted by Gasteiger charge is 2.59. The van der Waals surface area contributed by atoms with E-state index in [4.69, 9.17) is 0 Å². The second kappa shape index (κ2) is 5.47. The summed E-state index contributed by atoms with van der Waals surface area (Å²) in [5, 5.41) is 5.73. The van der Waals surface area contributed by atoms with Gasteiger partial charge in [0.2, 0.25) is 5.91 Å². The third-order valence-corrected chi connectivity index (χ3v) is 1.96. The van der Waals surface area contributed by atoms with Crippen LogP contribution in [0.1, 0.15) is 5.82 Å². The Bertz CT molecular complexity index is 445. The number of rotatable bonds is 5. The van der Waals surface area contributed by atoms with Crippen molar-refractivity contribution in [1.82, 2.24) is 20.1 Å². The highest BCUT2D eigenvalue weighted by Crippen LogP contribution is 2.35. The minimum Gasteiger partial charge on any atom is -0.347 e. The predicted molar refractivity (Wildman–Crippen MR) is 49.8 cm³/mol. The lowest BCUT2D eigenvalue weighted by atomic mass is 10.5. The average molecular weight is 288 g/mol. The number of hydrogen-bond donors (Lipinski definition) is 1. The Balaban J connectivity index is 2.39. The summed E-state index contributed by atoms with van der Waals surface area (Å²) in [6.07, 6.45) is -10.0. The van der Waals surface area contributed by atoms with Crippen LogP contribution >= 0.6 is 0 Å². The van der Waals surface area contributed by atoms with Crippen molar-refractivity contribution in [3.8, 4) is 0 Å². The number of carbonyl (C=O) groups is 1. The Labute approximate surface area is 103 Å². The standard InChI is InChI=1S/C8H9F5N4O2/c1-17-5(15-4-16-17)2-14-6(18)3-19-8(12,13)7(9,10)11/h4H,2-3H2,1H3,(H,14,18). The number of halogens is 5. The summed E-state index contributed by atoms with van der Waals surface area (Å²) >= 11 is 0. The number of amides is 1. The lowest BCUT2D eigenvalue weighted by molar-refractivity contribution is -0.388. The molecule has 0 saturated heterocycles. The van der Waals surface area contributed by atoms with Gasteiger partial charge in [0, 0.05) is 7.05 Å².